The first-order valence-corrected chi connectivity index (χ1v) is 2.04. The minimum absolute atomic E-state index is 0. The highest BCUT2D eigenvalue weighted by atomic mass is 27.1. The first kappa shape index (κ1) is 10.0. The molecular weight excluding hydrogens is 113 g/mol. The molecule has 0 atom stereocenters. The number of nitrogens with two attached hydrogens (primary N) is 1. The van der Waals surface area contributed by atoms with E-state index in [9.17, 15) is 4.79 Å². The summed E-state index contributed by atoms with van der Waals surface area (Å²) in [5.41, 5.74) is 4.81. The second-order valence-electron chi connectivity index (χ2n) is 0.720. The minimum Gasteiger partial charge on any atom is -0.623 e. The summed E-state index contributed by atoms with van der Waals surface area (Å²) in [5.74, 6) is -0.367. The first-order valence-electron chi connectivity index (χ1n) is 1.46. The Bertz CT molecular complexity index is 50.9. The van der Waals surface area contributed by atoms with E-state index in [1.54, 1.807) is 0 Å². The van der Waals surface area contributed by atoms with E-state index in [-0.39, 0.29) is 18.0 Å². The molecule has 0 aliphatic heterocycles. The Labute approximate surface area is 49.7 Å². The molecule has 0 aromatic carbocycles. The van der Waals surface area contributed by atoms with Crippen LogP contribution in [0.3, 0.4) is 0 Å². The highest BCUT2D eigenvalue weighted by molar-refractivity contribution is 6.05. The van der Waals surface area contributed by atoms with Crippen molar-refractivity contribution in [2.45, 2.75) is 0 Å². The molecule has 0 saturated carbocycles. The highest BCUT2D eigenvalue weighted by Gasteiger charge is 1.86. The molecule has 4 N–H and O–H groups in total. The summed E-state index contributed by atoms with van der Waals surface area (Å²) in [6, 6.07) is 0. The summed E-state index contributed by atoms with van der Waals surface area (Å²) in [4.78, 5) is 9.84. The lowest BCUT2D eigenvalue weighted by Crippen LogP contribution is -2.14. The third-order valence-electron chi connectivity index (χ3n) is 0.328. The lowest BCUT2D eigenvalue weighted by atomic mass is 10.7. The number of carbonyl (C=O) groups excluding carboxylic acids is 1. The van der Waals surface area contributed by atoms with Crippen LogP contribution in [-0.2, 0) is 8.58 Å². The van der Waals surface area contributed by atoms with Crippen molar-refractivity contribution in [2.75, 3.05) is 6.54 Å². The molecule has 0 aliphatic carbocycles. The molecule has 0 spiro atoms. The van der Waals surface area contributed by atoms with Crippen LogP contribution in [0.4, 0.5) is 0 Å². The van der Waals surface area contributed by atoms with Crippen LogP contribution >= 0.6 is 0 Å². The van der Waals surface area contributed by atoms with Gasteiger partial charge in [0, 0.05) is 0 Å². The van der Waals surface area contributed by atoms with E-state index in [4.69, 9.17) is 5.73 Å². The van der Waals surface area contributed by atoms with Gasteiger partial charge < -0.3 is 15.0 Å². The first-order chi connectivity index (χ1) is 2.81. The fraction of sp³-hybridized carbons (Fsp3) is 0.500. The summed E-state index contributed by atoms with van der Waals surface area (Å²) in [6.07, 6.45) is 0. The zero-order chi connectivity index (χ0) is 4.99. The van der Waals surface area contributed by atoms with Crippen molar-refractivity contribution in [3.63, 3.8) is 0 Å². The van der Waals surface area contributed by atoms with Crippen LogP contribution in [0, 0.1) is 0 Å². The molecule has 0 rings (SSSR count). The quantitative estimate of drug-likeness (QED) is 0.387. The second kappa shape index (κ2) is 5.92. The summed E-state index contributed by atoms with van der Waals surface area (Å²) in [6.45, 7) is -0.0243. The molecule has 0 heterocycles. The Hall–Kier alpha value is -0.0775. The van der Waals surface area contributed by atoms with Gasteiger partial charge in [-0.2, -0.15) is 0 Å². The molecule has 7 heavy (non-hydrogen) atoms. The topological polar surface area (TPSA) is 83.8 Å². The van der Waals surface area contributed by atoms with Gasteiger partial charge in [-0.1, -0.05) is 0 Å². The predicted molar refractivity (Wildman–Crippen MR) is 25.9 cm³/mol. The monoisotopic (exact) mass is 120 g/mol. The molecular formula is C2H7AlNO3. The van der Waals surface area contributed by atoms with Gasteiger partial charge in [0.15, 0.2) is 0 Å². The van der Waals surface area contributed by atoms with Crippen molar-refractivity contribution in [3.8, 4) is 0 Å². The Balaban J connectivity index is 0. The van der Waals surface area contributed by atoms with E-state index in [2.05, 4.69) is 3.79 Å². The van der Waals surface area contributed by atoms with Crippen LogP contribution < -0.4 is 5.73 Å². The zero-order valence-corrected chi connectivity index (χ0v) is 5.22. The van der Waals surface area contributed by atoms with Gasteiger partial charge in [0.2, 0.25) is 0 Å². The average Bonchev–Trinajstić information content (AvgIpc) is 1.65. The van der Waals surface area contributed by atoms with Crippen LogP contribution in [0.5, 0.6) is 0 Å². The Morgan fingerprint density at radius 2 is 2.29 bits per heavy atom. The van der Waals surface area contributed by atoms with E-state index < -0.39 is 0 Å². The molecule has 0 fully saturated rings. The van der Waals surface area contributed by atoms with Crippen LogP contribution in [0.15, 0.2) is 0 Å². The van der Waals surface area contributed by atoms with E-state index in [0.29, 0.717) is 0 Å². The lowest BCUT2D eigenvalue weighted by molar-refractivity contribution is -0.132. The van der Waals surface area contributed by atoms with E-state index in [1.165, 1.54) is 0 Å². The summed E-state index contributed by atoms with van der Waals surface area (Å²) >= 11 is 1.13. The van der Waals surface area contributed by atoms with Crippen molar-refractivity contribution in [1.82, 2.24) is 0 Å². The lowest BCUT2D eigenvalue weighted by Gasteiger charge is -1.91. The summed E-state index contributed by atoms with van der Waals surface area (Å²) in [5, 5.41) is 0. The van der Waals surface area contributed by atoms with Gasteiger partial charge in [0.05, 0.1) is 6.54 Å². The van der Waals surface area contributed by atoms with E-state index >= 15 is 0 Å². The van der Waals surface area contributed by atoms with Gasteiger partial charge >= 0.3 is 16.6 Å². The van der Waals surface area contributed by atoms with Crippen molar-refractivity contribution in [1.29, 1.82) is 0 Å². The molecule has 0 amide bonds. The summed E-state index contributed by atoms with van der Waals surface area (Å²) in [7, 11) is 0. The van der Waals surface area contributed by atoms with E-state index in [1.807, 2.05) is 0 Å². The SMILES string of the molecule is NCC(=O)[O][AlH].O. The van der Waals surface area contributed by atoms with E-state index in [0.717, 1.165) is 16.6 Å². The Morgan fingerprint density at radius 3 is 2.29 bits per heavy atom. The van der Waals surface area contributed by atoms with Crippen molar-refractivity contribution < 1.29 is 14.1 Å². The van der Waals surface area contributed by atoms with Gasteiger partial charge in [-0.3, -0.25) is 4.79 Å². The molecule has 0 unspecified atom stereocenters. The van der Waals surface area contributed by atoms with Crippen LogP contribution in [0.25, 0.3) is 0 Å². The number of hydrogen-bond donors (Lipinski definition) is 1. The standard InChI is InChI=1S/C2H5NO2.Al.H2O.H/c3-1-2(4)5;;;/h1,3H2,(H,4,5);;1H2;/q;+1;;/p-1. The molecule has 0 saturated heterocycles. The molecule has 5 heteroatoms. The van der Waals surface area contributed by atoms with Crippen LogP contribution in [-0.4, -0.2) is 34.6 Å². The van der Waals surface area contributed by atoms with Crippen molar-refractivity contribution >= 4 is 22.6 Å². The average molecular weight is 120 g/mol. The molecule has 0 aliphatic rings. The molecule has 0 bridgehead atoms. The maximum Gasteiger partial charge on any atom is 0.496 e. The Kier molecular flexibility index (Phi) is 8.48. The van der Waals surface area contributed by atoms with Gasteiger partial charge in [0.25, 0.3) is 5.97 Å². The van der Waals surface area contributed by atoms with Crippen molar-refractivity contribution in [3.05, 3.63) is 0 Å². The number of rotatable bonds is 1. The third kappa shape index (κ3) is 5.92. The molecule has 4 nitrogen and oxygen atoms in total. The maximum absolute atomic E-state index is 9.84. The number of hydrogen-bond acceptors (Lipinski definition) is 3. The predicted octanol–water partition coefficient (Wildman–Crippen LogP) is -2.52. The minimum atomic E-state index is -0.367. The van der Waals surface area contributed by atoms with Gasteiger partial charge in [-0.25, -0.2) is 0 Å². The fourth-order valence-electron chi connectivity index (χ4n) is 0.0589. The molecule has 1 radical (unpaired) electrons. The van der Waals surface area contributed by atoms with Gasteiger partial charge in [0.1, 0.15) is 0 Å². The fourth-order valence-corrected chi connectivity index (χ4v) is 0.177. The normalized spacial score (nSPS) is 6.43. The molecule has 41 valence electrons. The molecule has 0 aromatic rings. The van der Waals surface area contributed by atoms with Crippen molar-refractivity contribution in [2.24, 2.45) is 5.73 Å². The number of carbonyl (C=O) groups is 1. The highest BCUT2D eigenvalue weighted by Crippen LogP contribution is 1.59. The largest absolute Gasteiger partial charge is 0.623 e. The van der Waals surface area contributed by atoms with Crippen LogP contribution in [0.2, 0.25) is 0 Å². The van der Waals surface area contributed by atoms with Gasteiger partial charge in [-0.05, 0) is 0 Å². The smallest absolute Gasteiger partial charge is 0.496 e. The maximum atomic E-state index is 9.84. The zero-order valence-electron chi connectivity index (χ0n) is 3.81. The second-order valence-corrected chi connectivity index (χ2v) is 1.01. The Morgan fingerprint density at radius 1 is 1.86 bits per heavy atom. The van der Waals surface area contributed by atoms with Gasteiger partial charge in [-0.15, -0.1) is 0 Å². The molecule has 0 aromatic heterocycles. The third-order valence-corrected chi connectivity index (χ3v) is 0.650. The van der Waals surface area contributed by atoms with Crippen LogP contribution in [0.1, 0.15) is 0 Å². The summed E-state index contributed by atoms with van der Waals surface area (Å²) < 4.78 is 4.16.